The number of rotatable bonds is 0. The molecule has 0 aromatic rings. The predicted molar refractivity (Wildman–Crippen MR) is 44.6 cm³/mol. The van der Waals surface area contributed by atoms with Gasteiger partial charge in [0.05, 0.1) is 6.10 Å². The number of fused-ring (bicyclic) bond motifs is 1. The van der Waals surface area contributed by atoms with Crippen LogP contribution in [-0.4, -0.2) is 35.7 Å². The first-order valence-electron chi connectivity index (χ1n) is 4.37. The quantitative estimate of drug-likeness (QED) is 0.489. The van der Waals surface area contributed by atoms with Gasteiger partial charge in [-0.25, -0.2) is 0 Å². The van der Waals surface area contributed by atoms with Gasteiger partial charge >= 0.3 is 0 Å². The molecule has 0 amide bonds. The zero-order chi connectivity index (χ0) is 8.28. The van der Waals surface area contributed by atoms with Crippen LogP contribution in [-0.2, 0) is 4.74 Å². The monoisotopic (exact) mass is 155 g/mol. The molecule has 2 aliphatic rings. The molecule has 2 heteroatoms. The van der Waals surface area contributed by atoms with E-state index in [4.69, 9.17) is 4.74 Å². The molecule has 2 saturated heterocycles. The summed E-state index contributed by atoms with van der Waals surface area (Å²) < 4.78 is 5.71. The van der Waals surface area contributed by atoms with E-state index in [2.05, 4.69) is 32.7 Å². The summed E-state index contributed by atoms with van der Waals surface area (Å²) in [4.78, 5) is 2.40. The Bertz CT molecular complexity index is 190. The lowest BCUT2D eigenvalue weighted by Gasteiger charge is -2.42. The predicted octanol–water partition coefficient (Wildman–Crippen LogP) is 1.26. The molecule has 2 rings (SSSR count). The minimum atomic E-state index is 0.139. The summed E-state index contributed by atoms with van der Waals surface area (Å²) in [5.41, 5.74) is 0.357. The van der Waals surface area contributed by atoms with Gasteiger partial charge in [-0.3, -0.25) is 4.90 Å². The van der Waals surface area contributed by atoms with E-state index >= 15 is 0 Å². The maximum Gasteiger partial charge on any atom is 0.110 e. The highest BCUT2D eigenvalue weighted by molar-refractivity contribution is 5.16. The van der Waals surface area contributed by atoms with E-state index in [0.29, 0.717) is 6.10 Å². The molecule has 0 aromatic carbocycles. The van der Waals surface area contributed by atoms with Crippen molar-refractivity contribution in [1.82, 2.24) is 4.90 Å². The fourth-order valence-corrected chi connectivity index (χ4v) is 2.10. The topological polar surface area (TPSA) is 15.8 Å². The Morgan fingerprint density at radius 1 is 1.36 bits per heavy atom. The van der Waals surface area contributed by atoms with Gasteiger partial charge in [0.1, 0.15) is 5.60 Å². The second-order valence-corrected chi connectivity index (χ2v) is 4.48. The van der Waals surface area contributed by atoms with Gasteiger partial charge < -0.3 is 4.74 Å². The van der Waals surface area contributed by atoms with Crippen LogP contribution in [0.5, 0.6) is 0 Å². The first kappa shape index (κ1) is 7.56. The molecular formula is C9H17NO. The maximum absolute atomic E-state index is 5.71. The highest BCUT2D eigenvalue weighted by atomic mass is 16.6. The van der Waals surface area contributed by atoms with Gasteiger partial charge in [0.25, 0.3) is 0 Å². The molecule has 2 fully saturated rings. The smallest absolute Gasteiger partial charge is 0.110 e. The van der Waals surface area contributed by atoms with E-state index in [-0.39, 0.29) is 11.1 Å². The molecule has 2 unspecified atom stereocenters. The van der Waals surface area contributed by atoms with Crippen molar-refractivity contribution in [2.45, 2.75) is 44.4 Å². The van der Waals surface area contributed by atoms with Crippen molar-refractivity contribution in [3.63, 3.8) is 0 Å². The highest BCUT2D eigenvalue weighted by Crippen LogP contribution is 2.51. The largest absolute Gasteiger partial charge is 0.364 e. The molecule has 0 bridgehead atoms. The van der Waals surface area contributed by atoms with Crippen LogP contribution in [0.15, 0.2) is 0 Å². The van der Waals surface area contributed by atoms with Crippen molar-refractivity contribution in [3.05, 3.63) is 0 Å². The summed E-state index contributed by atoms with van der Waals surface area (Å²) in [6, 6.07) is 0. The Labute approximate surface area is 68.5 Å². The lowest BCUT2D eigenvalue weighted by Crippen LogP contribution is -2.56. The van der Waals surface area contributed by atoms with Crippen LogP contribution in [0, 0.1) is 0 Å². The van der Waals surface area contributed by atoms with E-state index in [1.165, 1.54) is 13.0 Å². The van der Waals surface area contributed by atoms with Gasteiger partial charge in [0.2, 0.25) is 0 Å². The van der Waals surface area contributed by atoms with Gasteiger partial charge in [0.15, 0.2) is 0 Å². The second-order valence-electron chi connectivity index (χ2n) is 4.48. The van der Waals surface area contributed by atoms with Crippen LogP contribution in [0.4, 0.5) is 0 Å². The average molecular weight is 155 g/mol. The number of likely N-dealkylation sites (N-methyl/N-ethyl adjacent to an activating group) is 1. The van der Waals surface area contributed by atoms with Gasteiger partial charge in [-0.15, -0.1) is 0 Å². The molecule has 64 valence electrons. The molecule has 2 nitrogen and oxygen atoms in total. The fourth-order valence-electron chi connectivity index (χ4n) is 2.10. The summed E-state index contributed by atoms with van der Waals surface area (Å²) in [6.07, 6.45) is 1.74. The van der Waals surface area contributed by atoms with Crippen LogP contribution in [0.3, 0.4) is 0 Å². The Morgan fingerprint density at radius 3 is 2.55 bits per heavy atom. The molecule has 0 saturated carbocycles. The van der Waals surface area contributed by atoms with Gasteiger partial charge in [0, 0.05) is 12.1 Å². The summed E-state index contributed by atoms with van der Waals surface area (Å²) >= 11 is 0. The molecule has 2 aliphatic heterocycles. The third kappa shape index (κ3) is 0.744. The van der Waals surface area contributed by atoms with Crippen LogP contribution < -0.4 is 0 Å². The molecule has 0 aliphatic carbocycles. The van der Waals surface area contributed by atoms with E-state index < -0.39 is 0 Å². The van der Waals surface area contributed by atoms with Crippen molar-refractivity contribution in [2.24, 2.45) is 0 Å². The maximum atomic E-state index is 5.71. The van der Waals surface area contributed by atoms with Crippen molar-refractivity contribution in [3.8, 4) is 0 Å². The standard InChI is InChI=1S/C9H17NO/c1-8(2)9(3)7(11-9)5-6-10(8)4/h7H,5-6H2,1-4H3. The first-order chi connectivity index (χ1) is 4.98. The van der Waals surface area contributed by atoms with Crippen molar-refractivity contribution < 1.29 is 4.74 Å². The third-order valence-electron chi connectivity index (χ3n) is 3.84. The molecule has 0 N–H and O–H groups in total. The van der Waals surface area contributed by atoms with Gasteiger partial charge in [-0.1, -0.05) is 0 Å². The lowest BCUT2D eigenvalue weighted by molar-refractivity contribution is 0.0633. The summed E-state index contributed by atoms with van der Waals surface area (Å²) in [7, 11) is 2.18. The van der Waals surface area contributed by atoms with Crippen molar-refractivity contribution in [2.75, 3.05) is 13.6 Å². The second kappa shape index (κ2) is 1.80. The summed E-state index contributed by atoms with van der Waals surface area (Å²) in [5.74, 6) is 0. The number of piperidine rings is 1. The molecule has 0 radical (unpaired) electrons. The summed E-state index contributed by atoms with van der Waals surface area (Å²) in [5, 5.41) is 0. The lowest BCUT2D eigenvalue weighted by atomic mass is 9.80. The minimum Gasteiger partial charge on any atom is -0.364 e. The Balaban J connectivity index is 2.26. The molecular weight excluding hydrogens is 138 g/mol. The third-order valence-corrected chi connectivity index (χ3v) is 3.84. The minimum absolute atomic E-state index is 0.139. The fraction of sp³-hybridized carbons (Fsp3) is 1.00. The Hall–Kier alpha value is -0.0800. The van der Waals surface area contributed by atoms with Crippen LogP contribution in [0.1, 0.15) is 27.2 Å². The van der Waals surface area contributed by atoms with E-state index in [9.17, 15) is 0 Å². The van der Waals surface area contributed by atoms with E-state index in [1.54, 1.807) is 0 Å². The van der Waals surface area contributed by atoms with E-state index in [0.717, 1.165) is 0 Å². The zero-order valence-corrected chi connectivity index (χ0v) is 7.85. The molecule has 2 heterocycles. The van der Waals surface area contributed by atoms with Crippen molar-refractivity contribution >= 4 is 0 Å². The van der Waals surface area contributed by atoms with E-state index in [1.807, 2.05) is 0 Å². The Morgan fingerprint density at radius 2 is 2.00 bits per heavy atom. The molecule has 2 atom stereocenters. The number of likely N-dealkylation sites (tertiary alicyclic amines) is 1. The Kier molecular flexibility index (Phi) is 1.24. The first-order valence-corrected chi connectivity index (χ1v) is 4.37. The number of hydrogen-bond donors (Lipinski definition) is 0. The normalized spacial score (nSPS) is 48.5. The number of epoxide rings is 1. The number of ether oxygens (including phenoxy) is 1. The van der Waals surface area contributed by atoms with Crippen molar-refractivity contribution in [1.29, 1.82) is 0 Å². The summed E-state index contributed by atoms with van der Waals surface area (Å²) in [6.45, 7) is 7.94. The van der Waals surface area contributed by atoms with Crippen LogP contribution in [0.2, 0.25) is 0 Å². The molecule has 0 aromatic heterocycles. The number of nitrogens with zero attached hydrogens (tertiary/aromatic N) is 1. The zero-order valence-electron chi connectivity index (χ0n) is 7.85. The molecule has 0 spiro atoms. The van der Waals surface area contributed by atoms with Gasteiger partial charge in [-0.05, 0) is 34.2 Å². The van der Waals surface area contributed by atoms with Crippen LogP contribution in [0.25, 0.3) is 0 Å². The molecule has 11 heavy (non-hydrogen) atoms. The average Bonchev–Trinajstić information content (AvgIpc) is 2.57. The highest BCUT2D eigenvalue weighted by Gasteiger charge is 2.65. The van der Waals surface area contributed by atoms with Gasteiger partial charge in [-0.2, -0.15) is 0 Å². The van der Waals surface area contributed by atoms with Crippen LogP contribution >= 0.6 is 0 Å². The SMILES string of the molecule is CN1CCC2OC2(C)C1(C)C. The number of hydrogen-bond acceptors (Lipinski definition) is 2.